The minimum absolute atomic E-state index is 0.00572. The summed E-state index contributed by atoms with van der Waals surface area (Å²) in [5, 5.41) is 12.3. The van der Waals surface area contributed by atoms with Crippen molar-refractivity contribution >= 4 is 16.7 Å². The first-order chi connectivity index (χ1) is 26.7. The molecular formula is C49H68N6O. The van der Waals surface area contributed by atoms with Crippen LogP contribution in [-0.2, 0) is 24.1 Å². The lowest BCUT2D eigenvalue weighted by Crippen LogP contribution is -2.52. The van der Waals surface area contributed by atoms with Crippen LogP contribution in [0.4, 0.5) is 0 Å². The molecule has 3 aromatic carbocycles. The van der Waals surface area contributed by atoms with E-state index >= 15 is 0 Å². The van der Waals surface area contributed by atoms with E-state index in [1.807, 2.05) is 72.9 Å². The first-order valence-corrected chi connectivity index (χ1v) is 20.3. The van der Waals surface area contributed by atoms with E-state index in [1.165, 1.54) is 22.1 Å². The molecule has 5 atom stereocenters. The highest BCUT2D eigenvalue weighted by Crippen LogP contribution is 2.38. The van der Waals surface area contributed by atoms with Crippen LogP contribution in [0.1, 0.15) is 71.1 Å². The van der Waals surface area contributed by atoms with Crippen molar-refractivity contribution in [2.75, 3.05) is 13.6 Å². The number of hydrogen-bond donors (Lipinski definition) is 5. The molecule has 2 heterocycles. The molecule has 0 radical (unpaired) electrons. The average Bonchev–Trinajstić information content (AvgIpc) is 3.81. The maximum atomic E-state index is 13.8. The lowest BCUT2D eigenvalue weighted by Gasteiger charge is -2.37. The Balaban J connectivity index is 0.00000342. The van der Waals surface area contributed by atoms with Gasteiger partial charge in [-0.25, -0.2) is 0 Å². The van der Waals surface area contributed by atoms with Crippen LogP contribution in [0.3, 0.4) is 0 Å². The Hall–Kier alpha value is -4.85. The third kappa shape index (κ3) is 10.9. The second-order valence-corrected chi connectivity index (χ2v) is 16.3. The van der Waals surface area contributed by atoms with E-state index in [-0.39, 0.29) is 35.9 Å². The zero-order valence-electron chi connectivity index (χ0n) is 35.1. The van der Waals surface area contributed by atoms with E-state index in [9.17, 15) is 4.79 Å². The third-order valence-electron chi connectivity index (χ3n) is 11.8. The van der Waals surface area contributed by atoms with Crippen LogP contribution in [-0.4, -0.2) is 59.0 Å². The Morgan fingerprint density at radius 2 is 1.45 bits per heavy atom. The molecule has 300 valence electrons. The fourth-order valence-corrected chi connectivity index (χ4v) is 7.53. The third-order valence-corrected chi connectivity index (χ3v) is 11.8. The molecule has 5 rings (SSSR count). The maximum absolute atomic E-state index is 13.8. The Labute approximate surface area is 337 Å². The van der Waals surface area contributed by atoms with Crippen molar-refractivity contribution in [2.45, 2.75) is 103 Å². The summed E-state index contributed by atoms with van der Waals surface area (Å²) in [4.78, 5) is 19.6. The number of nitrogens with zero attached hydrogens (tertiary/aromatic N) is 1. The number of likely N-dealkylation sites (tertiary alicyclic amines) is 1. The number of ketones is 1. The summed E-state index contributed by atoms with van der Waals surface area (Å²) >= 11 is 0. The smallest absolute Gasteiger partial charge is 0.140 e. The van der Waals surface area contributed by atoms with Gasteiger partial charge in [0.25, 0.3) is 0 Å². The van der Waals surface area contributed by atoms with Crippen molar-refractivity contribution in [3.8, 4) is 0 Å². The number of benzene rings is 3. The molecular weight excluding hydrogens is 689 g/mol. The largest absolute Gasteiger partial charge is 0.381 e. The van der Waals surface area contributed by atoms with Crippen LogP contribution in [0.5, 0.6) is 0 Å². The predicted molar refractivity (Wildman–Crippen MR) is 238 cm³/mol. The fraction of sp³-hybridized carbons (Fsp3) is 0.408. The molecule has 0 aliphatic carbocycles. The highest BCUT2D eigenvalue weighted by molar-refractivity contribution is 5.85. The number of carbonyl (C=O) groups excluding carboxylic acids is 1. The van der Waals surface area contributed by atoms with E-state index in [1.54, 1.807) is 0 Å². The van der Waals surface area contributed by atoms with Gasteiger partial charge in [-0.05, 0) is 75.3 Å². The summed E-state index contributed by atoms with van der Waals surface area (Å²) < 4.78 is 0. The molecule has 0 amide bonds. The van der Waals surface area contributed by atoms with Gasteiger partial charge in [0.1, 0.15) is 5.78 Å². The zero-order chi connectivity index (χ0) is 41.0. The second-order valence-electron chi connectivity index (χ2n) is 16.3. The first-order valence-electron chi connectivity index (χ1n) is 20.3. The molecule has 1 aliphatic rings. The Bertz CT molecular complexity index is 1900. The van der Waals surface area contributed by atoms with Crippen LogP contribution in [0.25, 0.3) is 10.9 Å². The van der Waals surface area contributed by atoms with Crippen molar-refractivity contribution in [3.63, 3.8) is 0 Å². The summed E-state index contributed by atoms with van der Waals surface area (Å²) in [6, 6.07) is 29.1. The zero-order valence-corrected chi connectivity index (χ0v) is 35.1. The van der Waals surface area contributed by atoms with Gasteiger partial charge in [0.05, 0.1) is 18.1 Å². The van der Waals surface area contributed by atoms with Gasteiger partial charge < -0.3 is 31.6 Å². The van der Waals surface area contributed by atoms with Gasteiger partial charge in [0, 0.05) is 64.2 Å². The molecule has 6 N–H and O–H groups in total. The van der Waals surface area contributed by atoms with Crippen molar-refractivity contribution in [1.82, 2.24) is 25.8 Å². The molecule has 7 heteroatoms. The van der Waals surface area contributed by atoms with Crippen LogP contribution < -0.4 is 21.7 Å². The molecule has 4 aromatic rings. The molecule has 0 spiro atoms. The van der Waals surface area contributed by atoms with Gasteiger partial charge in [0.15, 0.2) is 0 Å². The molecule has 1 saturated heterocycles. The summed E-state index contributed by atoms with van der Waals surface area (Å²) in [6.45, 7) is 30.7. The number of para-hydroxylation sites is 1. The summed E-state index contributed by atoms with van der Waals surface area (Å²) in [7, 11) is 1.99. The minimum Gasteiger partial charge on any atom is -0.381 e. The fourth-order valence-electron chi connectivity index (χ4n) is 7.53. The van der Waals surface area contributed by atoms with Gasteiger partial charge in [-0.1, -0.05) is 132 Å². The number of hydrogen-bond acceptors (Lipinski definition) is 6. The van der Waals surface area contributed by atoms with Gasteiger partial charge in [-0.2, -0.15) is 0 Å². The van der Waals surface area contributed by atoms with Crippen molar-refractivity contribution in [3.05, 3.63) is 157 Å². The number of nitrogens with two attached hydrogens (primary N) is 1. The van der Waals surface area contributed by atoms with Crippen molar-refractivity contribution in [2.24, 2.45) is 17.1 Å². The minimum atomic E-state index is -0.665. The Morgan fingerprint density at radius 1 is 0.875 bits per heavy atom. The highest BCUT2D eigenvalue weighted by Gasteiger charge is 2.44. The maximum Gasteiger partial charge on any atom is 0.140 e. The average molecular weight is 757 g/mol. The first kappa shape index (κ1) is 43.9. The molecule has 1 fully saturated rings. The summed E-state index contributed by atoms with van der Waals surface area (Å²) in [5.41, 5.74) is 12.7. The van der Waals surface area contributed by atoms with Gasteiger partial charge in [-0.3, -0.25) is 4.79 Å². The summed E-state index contributed by atoms with van der Waals surface area (Å²) in [5.74, 6) is 0.299. The second kappa shape index (κ2) is 19.8. The number of carbonyl (C=O) groups is 1. The van der Waals surface area contributed by atoms with E-state index in [2.05, 4.69) is 125 Å². The van der Waals surface area contributed by atoms with Gasteiger partial charge in [-0.15, -0.1) is 6.58 Å². The molecule has 7 nitrogen and oxygen atoms in total. The van der Waals surface area contributed by atoms with Crippen molar-refractivity contribution in [1.29, 1.82) is 0 Å². The number of Topliss-reactive ketones (excluding diaryl/α,β-unsaturated/α-hetero) is 1. The number of rotatable bonds is 20. The Morgan fingerprint density at radius 3 is 2.02 bits per heavy atom. The topological polar surface area (TPSA) is 98.2 Å². The van der Waals surface area contributed by atoms with Crippen LogP contribution in [0.15, 0.2) is 141 Å². The van der Waals surface area contributed by atoms with Crippen molar-refractivity contribution < 1.29 is 4.79 Å². The monoisotopic (exact) mass is 757 g/mol. The van der Waals surface area contributed by atoms with Crippen LogP contribution in [0.2, 0.25) is 0 Å². The van der Waals surface area contributed by atoms with E-state index in [0.717, 1.165) is 41.9 Å². The van der Waals surface area contributed by atoms with E-state index in [0.29, 0.717) is 19.4 Å². The van der Waals surface area contributed by atoms with E-state index < -0.39 is 11.0 Å². The number of H-pyrrole nitrogens is 1. The predicted octanol–water partition coefficient (Wildman–Crippen LogP) is 8.87. The lowest BCUT2D eigenvalue weighted by atomic mass is 9.70. The molecule has 1 aromatic heterocycles. The molecule has 56 heavy (non-hydrogen) atoms. The van der Waals surface area contributed by atoms with Crippen LogP contribution in [0, 0.1) is 11.3 Å². The number of nitrogens with one attached hydrogen (secondary N) is 4. The van der Waals surface area contributed by atoms with Gasteiger partial charge >= 0.3 is 0 Å². The molecule has 2 unspecified atom stereocenters. The van der Waals surface area contributed by atoms with E-state index in [4.69, 9.17) is 5.73 Å². The number of aromatic amines is 1. The normalized spacial score (nSPS) is 17.2. The lowest BCUT2D eigenvalue weighted by molar-refractivity contribution is -0.130. The van der Waals surface area contributed by atoms with Gasteiger partial charge in [0.2, 0.25) is 0 Å². The Kier molecular flexibility index (Phi) is 15.5. The molecule has 0 saturated carbocycles. The summed E-state index contributed by atoms with van der Waals surface area (Å²) in [6.07, 6.45) is 7.54. The highest BCUT2D eigenvalue weighted by atomic mass is 16.1. The SMILES string of the molecule is C=C[C@@H](Cc1c[nH]c2ccccc12)NC(=C)C(Cc1ccccc1)NC(=C)[C@H]1C[C@@H](CC(=O)C(C)(C)C(C)(C)N)CN1C(=C)C(Cc1ccccc1)NC.CC. The number of aromatic nitrogens is 1. The van der Waals surface area contributed by atoms with Crippen LogP contribution >= 0.6 is 0 Å². The quantitative estimate of drug-likeness (QED) is 0.0579. The number of likely N-dealkylation sites (N-methyl/N-ethyl adjacent to an activating group) is 1. The molecule has 0 bridgehead atoms. The standard InChI is InChI=1S/C47H62N6O.C2H6/c1-10-39(29-38-30-50-41-24-18-17-23-40(38)41)51-32(2)42(25-35-19-13-11-14-20-35)52-33(3)44-27-37(28-45(54)46(5,6)47(7,8)48)31-53(44)34(4)43(49-9)26-36-21-15-12-16-22-36;1-2/h10-24,30,37,39,42-44,49-52H,1-4,25-29,31,48H2,5-9H3;1-2H3/t37-,39-,42?,43?,44+;/m0./s1. The molecule has 1 aliphatic heterocycles. The number of fused-ring (bicyclic) bond motifs is 1.